The maximum absolute atomic E-state index is 5.29. The van der Waals surface area contributed by atoms with Crippen molar-refractivity contribution < 1.29 is 0 Å². The summed E-state index contributed by atoms with van der Waals surface area (Å²) in [5, 5.41) is 7.13. The van der Waals surface area contributed by atoms with Crippen molar-refractivity contribution in [3.8, 4) is 17.1 Å². The van der Waals surface area contributed by atoms with Crippen LogP contribution < -0.4 is 0 Å². The number of hydrogen-bond acceptors (Lipinski definition) is 3. The van der Waals surface area contributed by atoms with E-state index >= 15 is 0 Å². The van der Waals surface area contributed by atoms with Crippen molar-refractivity contribution in [3.05, 3.63) is 58.0 Å². The molecule has 0 radical (unpaired) electrons. The van der Waals surface area contributed by atoms with E-state index in [0.29, 0.717) is 4.77 Å². The first kappa shape index (κ1) is 12.3. The summed E-state index contributed by atoms with van der Waals surface area (Å²) < 4.78 is 3.41. The van der Waals surface area contributed by atoms with Crippen LogP contribution in [0.1, 0.15) is 0 Å². The van der Waals surface area contributed by atoms with Crippen LogP contribution in [0.5, 0.6) is 0 Å². The van der Waals surface area contributed by atoms with Gasteiger partial charge < -0.3 is 0 Å². The van der Waals surface area contributed by atoms with E-state index < -0.39 is 0 Å². The standard InChI is InChI=1S/C13H9BrN4S/c14-10-4-1-3-9(7-10)12-16-17-13(19)18(12)11-5-2-6-15-8-11/h1-8H,(H,17,19). The molecule has 0 aliphatic carbocycles. The van der Waals surface area contributed by atoms with Crippen LogP contribution >= 0.6 is 28.1 Å². The van der Waals surface area contributed by atoms with Gasteiger partial charge in [-0.3, -0.25) is 14.6 Å². The van der Waals surface area contributed by atoms with Gasteiger partial charge >= 0.3 is 0 Å². The quantitative estimate of drug-likeness (QED) is 0.727. The topological polar surface area (TPSA) is 46.5 Å². The molecule has 4 nitrogen and oxygen atoms in total. The molecule has 0 aliphatic rings. The van der Waals surface area contributed by atoms with Crippen LogP contribution in [0.15, 0.2) is 53.3 Å². The Labute approximate surface area is 123 Å². The molecule has 0 amide bonds. The van der Waals surface area contributed by atoms with Crippen molar-refractivity contribution in [1.29, 1.82) is 0 Å². The number of H-pyrrole nitrogens is 1. The molecule has 2 aromatic heterocycles. The van der Waals surface area contributed by atoms with E-state index in [4.69, 9.17) is 12.2 Å². The number of rotatable bonds is 2. The van der Waals surface area contributed by atoms with E-state index in [1.807, 2.05) is 41.0 Å². The lowest BCUT2D eigenvalue weighted by Gasteiger charge is -2.06. The largest absolute Gasteiger partial charge is 0.267 e. The number of benzene rings is 1. The van der Waals surface area contributed by atoms with Gasteiger partial charge in [-0.15, -0.1) is 0 Å². The second-order valence-electron chi connectivity index (χ2n) is 3.91. The van der Waals surface area contributed by atoms with Crippen LogP contribution in [0.25, 0.3) is 17.1 Å². The van der Waals surface area contributed by atoms with Crippen molar-refractivity contribution in [3.63, 3.8) is 0 Å². The first-order chi connectivity index (χ1) is 9.25. The molecule has 6 heteroatoms. The van der Waals surface area contributed by atoms with Gasteiger partial charge in [-0.2, -0.15) is 5.10 Å². The first-order valence-electron chi connectivity index (χ1n) is 5.59. The number of aromatic nitrogens is 4. The van der Waals surface area contributed by atoms with Gasteiger partial charge in [0.25, 0.3) is 0 Å². The van der Waals surface area contributed by atoms with Crippen LogP contribution in [-0.2, 0) is 0 Å². The molecule has 1 N–H and O–H groups in total. The molecule has 0 saturated carbocycles. The molecule has 0 atom stereocenters. The third kappa shape index (κ3) is 2.36. The maximum atomic E-state index is 5.29. The highest BCUT2D eigenvalue weighted by Gasteiger charge is 2.10. The number of pyridine rings is 1. The lowest BCUT2D eigenvalue weighted by atomic mass is 10.2. The fraction of sp³-hybridized carbons (Fsp3) is 0. The van der Waals surface area contributed by atoms with Crippen LogP contribution in [0.3, 0.4) is 0 Å². The number of nitrogens with zero attached hydrogens (tertiary/aromatic N) is 3. The highest BCUT2D eigenvalue weighted by Crippen LogP contribution is 2.23. The summed E-state index contributed by atoms with van der Waals surface area (Å²) in [7, 11) is 0. The molecule has 0 spiro atoms. The zero-order chi connectivity index (χ0) is 13.2. The summed E-state index contributed by atoms with van der Waals surface area (Å²) in [5.41, 5.74) is 1.86. The van der Waals surface area contributed by atoms with Gasteiger partial charge in [0, 0.05) is 16.2 Å². The zero-order valence-corrected chi connectivity index (χ0v) is 12.1. The van der Waals surface area contributed by atoms with E-state index in [-0.39, 0.29) is 0 Å². The molecule has 1 aromatic carbocycles. The van der Waals surface area contributed by atoms with Crippen LogP contribution in [0.2, 0.25) is 0 Å². The molecule has 3 rings (SSSR count). The lowest BCUT2D eigenvalue weighted by molar-refractivity contribution is 1.02. The number of aromatic amines is 1. The zero-order valence-electron chi connectivity index (χ0n) is 9.75. The molecule has 3 aromatic rings. The lowest BCUT2D eigenvalue weighted by Crippen LogP contribution is -1.98. The third-order valence-electron chi connectivity index (χ3n) is 2.66. The molecule has 94 valence electrons. The van der Waals surface area contributed by atoms with Crippen LogP contribution in [0, 0.1) is 4.77 Å². The Hall–Kier alpha value is -1.79. The molecule has 2 heterocycles. The van der Waals surface area contributed by atoms with Crippen LogP contribution in [0.4, 0.5) is 0 Å². The van der Waals surface area contributed by atoms with E-state index in [0.717, 1.165) is 21.5 Å². The highest BCUT2D eigenvalue weighted by molar-refractivity contribution is 9.10. The predicted octanol–water partition coefficient (Wildman–Crippen LogP) is 3.75. The van der Waals surface area contributed by atoms with E-state index in [1.165, 1.54) is 0 Å². The summed E-state index contributed by atoms with van der Waals surface area (Å²) in [6.45, 7) is 0. The SMILES string of the molecule is S=c1[nH]nc(-c2cccc(Br)c2)n1-c1cccnc1. The van der Waals surface area contributed by atoms with Crippen molar-refractivity contribution in [2.75, 3.05) is 0 Å². The average molecular weight is 333 g/mol. The highest BCUT2D eigenvalue weighted by atomic mass is 79.9. The summed E-state index contributed by atoms with van der Waals surface area (Å²) in [6, 6.07) is 11.7. The molecule has 0 saturated heterocycles. The second-order valence-corrected chi connectivity index (χ2v) is 5.21. The maximum Gasteiger partial charge on any atom is 0.200 e. The number of hydrogen-bond donors (Lipinski definition) is 1. The minimum Gasteiger partial charge on any atom is -0.267 e. The number of nitrogens with one attached hydrogen (secondary N) is 1. The van der Waals surface area contributed by atoms with Gasteiger partial charge in [0.2, 0.25) is 0 Å². The van der Waals surface area contributed by atoms with Gasteiger partial charge in [0.05, 0.1) is 11.9 Å². The van der Waals surface area contributed by atoms with E-state index in [2.05, 4.69) is 31.1 Å². The van der Waals surface area contributed by atoms with Crippen molar-refractivity contribution in [1.82, 2.24) is 19.7 Å². The Bertz CT molecular complexity index is 764. The Balaban J connectivity index is 2.22. The Kier molecular flexibility index (Phi) is 3.27. The van der Waals surface area contributed by atoms with Crippen molar-refractivity contribution >= 4 is 28.1 Å². The Morgan fingerprint density at radius 2 is 2.11 bits per heavy atom. The van der Waals surface area contributed by atoms with Gasteiger partial charge in [-0.1, -0.05) is 28.1 Å². The molecule has 0 aliphatic heterocycles. The molecule has 0 fully saturated rings. The van der Waals surface area contributed by atoms with Crippen molar-refractivity contribution in [2.24, 2.45) is 0 Å². The summed E-state index contributed by atoms with van der Waals surface area (Å²) in [6.07, 6.45) is 3.48. The molecular weight excluding hydrogens is 324 g/mol. The normalized spacial score (nSPS) is 10.6. The van der Waals surface area contributed by atoms with E-state index in [9.17, 15) is 0 Å². The van der Waals surface area contributed by atoms with Crippen LogP contribution in [-0.4, -0.2) is 19.7 Å². The molecule has 0 unspecified atom stereocenters. The van der Waals surface area contributed by atoms with Crippen molar-refractivity contribution in [2.45, 2.75) is 0 Å². The van der Waals surface area contributed by atoms with Gasteiger partial charge in [0.1, 0.15) is 0 Å². The molecule has 19 heavy (non-hydrogen) atoms. The summed E-state index contributed by atoms with van der Waals surface area (Å²) in [5.74, 6) is 0.763. The molecule has 0 bridgehead atoms. The average Bonchev–Trinajstić information content (AvgIpc) is 2.82. The van der Waals surface area contributed by atoms with Gasteiger partial charge in [-0.05, 0) is 36.5 Å². The third-order valence-corrected chi connectivity index (χ3v) is 3.43. The van der Waals surface area contributed by atoms with E-state index in [1.54, 1.807) is 12.4 Å². The van der Waals surface area contributed by atoms with Gasteiger partial charge in [-0.25, -0.2) is 0 Å². The fourth-order valence-electron chi connectivity index (χ4n) is 1.84. The second kappa shape index (κ2) is 5.07. The first-order valence-corrected chi connectivity index (χ1v) is 6.79. The Morgan fingerprint density at radius 1 is 1.21 bits per heavy atom. The Morgan fingerprint density at radius 3 is 2.84 bits per heavy atom. The summed E-state index contributed by atoms with van der Waals surface area (Å²) >= 11 is 8.75. The summed E-state index contributed by atoms with van der Waals surface area (Å²) in [4.78, 5) is 4.12. The monoisotopic (exact) mass is 332 g/mol. The minimum atomic E-state index is 0.544. The number of halogens is 1. The smallest absolute Gasteiger partial charge is 0.200 e. The fourth-order valence-corrected chi connectivity index (χ4v) is 2.48. The minimum absolute atomic E-state index is 0.544. The predicted molar refractivity (Wildman–Crippen MR) is 79.7 cm³/mol. The van der Waals surface area contributed by atoms with Gasteiger partial charge in [0.15, 0.2) is 10.6 Å². The molecular formula is C13H9BrN4S.